The molecule has 0 aromatic heterocycles. The molecule has 4 nitrogen and oxygen atoms in total. The molecule has 2 rings (SSSR count). The van der Waals surface area contributed by atoms with Crippen molar-refractivity contribution in [2.45, 2.75) is 19.4 Å². The maximum absolute atomic E-state index is 13.4. The summed E-state index contributed by atoms with van der Waals surface area (Å²) in [4.78, 5) is 13.9. The third-order valence-corrected chi connectivity index (χ3v) is 3.88. The molecule has 1 fully saturated rings. The molecular formula is C16H24FN3O. The number of nitrogens with zero attached hydrogens (tertiary/aromatic N) is 1. The topological polar surface area (TPSA) is 44.4 Å². The number of rotatable bonds is 6. The number of carbonyl (C=O) groups excluding carboxylic acids is 1. The van der Waals surface area contributed by atoms with E-state index in [1.807, 2.05) is 11.9 Å². The van der Waals surface area contributed by atoms with Crippen molar-refractivity contribution < 1.29 is 9.18 Å². The van der Waals surface area contributed by atoms with Crippen molar-refractivity contribution in [2.24, 2.45) is 5.92 Å². The van der Waals surface area contributed by atoms with Crippen LogP contribution in [0.15, 0.2) is 24.3 Å². The summed E-state index contributed by atoms with van der Waals surface area (Å²) in [6.45, 7) is 3.68. The van der Waals surface area contributed by atoms with E-state index in [1.165, 1.54) is 18.9 Å². The number of piperidine rings is 1. The summed E-state index contributed by atoms with van der Waals surface area (Å²) in [5, 5.41) is 6.11. The van der Waals surface area contributed by atoms with Crippen LogP contribution < -0.4 is 10.6 Å². The third kappa shape index (κ3) is 5.44. The fraction of sp³-hybridized carbons (Fsp3) is 0.562. The average molecular weight is 293 g/mol. The van der Waals surface area contributed by atoms with Gasteiger partial charge in [0.25, 0.3) is 0 Å². The van der Waals surface area contributed by atoms with Crippen molar-refractivity contribution >= 4 is 5.91 Å². The molecule has 21 heavy (non-hydrogen) atoms. The van der Waals surface area contributed by atoms with Crippen LogP contribution >= 0.6 is 0 Å². The van der Waals surface area contributed by atoms with Gasteiger partial charge >= 0.3 is 0 Å². The molecule has 0 aliphatic carbocycles. The number of carbonyl (C=O) groups is 1. The van der Waals surface area contributed by atoms with Crippen molar-refractivity contribution in [3.8, 4) is 0 Å². The van der Waals surface area contributed by atoms with Crippen LogP contribution in [0, 0.1) is 11.7 Å². The first kappa shape index (κ1) is 15.9. The van der Waals surface area contributed by atoms with E-state index in [4.69, 9.17) is 0 Å². The molecule has 2 N–H and O–H groups in total. The minimum atomic E-state index is -0.277. The predicted octanol–water partition coefficient (Wildman–Crippen LogP) is 1.37. The smallest absolute Gasteiger partial charge is 0.234 e. The van der Waals surface area contributed by atoms with Crippen molar-refractivity contribution in [1.29, 1.82) is 0 Å². The lowest BCUT2D eigenvalue weighted by Crippen LogP contribution is -2.39. The summed E-state index contributed by atoms with van der Waals surface area (Å²) < 4.78 is 13.4. The summed E-state index contributed by atoms with van der Waals surface area (Å²) in [7, 11) is 1.96. The molecule has 116 valence electrons. The lowest BCUT2D eigenvalue weighted by molar-refractivity contribution is -0.122. The SMILES string of the molecule is CN(CC(=O)NCc1ccccc1F)CC1CCNCC1. The molecule has 0 radical (unpaired) electrons. The summed E-state index contributed by atoms with van der Waals surface area (Å²) in [5.74, 6) is 0.325. The molecule has 0 spiro atoms. The zero-order chi connectivity index (χ0) is 15.1. The van der Waals surface area contributed by atoms with Crippen LogP contribution in [0.4, 0.5) is 4.39 Å². The number of nitrogens with one attached hydrogen (secondary N) is 2. The van der Waals surface area contributed by atoms with E-state index in [9.17, 15) is 9.18 Å². The molecule has 1 saturated heterocycles. The highest BCUT2D eigenvalue weighted by Crippen LogP contribution is 2.12. The first-order chi connectivity index (χ1) is 10.1. The van der Waals surface area contributed by atoms with Crippen LogP contribution in [0.1, 0.15) is 18.4 Å². The van der Waals surface area contributed by atoms with E-state index in [-0.39, 0.29) is 18.3 Å². The van der Waals surface area contributed by atoms with Crippen LogP contribution in [0.5, 0.6) is 0 Å². The van der Waals surface area contributed by atoms with Crippen LogP contribution in [-0.2, 0) is 11.3 Å². The summed E-state index contributed by atoms with van der Waals surface area (Å²) in [6, 6.07) is 6.51. The van der Waals surface area contributed by atoms with Gasteiger partial charge in [-0.3, -0.25) is 9.69 Å². The minimum absolute atomic E-state index is 0.0605. The Balaban J connectivity index is 1.70. The van der Waals surface area contributed by atoms with Gasteiger partial charge in [0.1, 0.15) is 5.82 Å². The second kappa shape index (κ2) is 8.10. The monoisotopic (exact) mass is 293 g/mol. The number of benzene rings is 1. The van der Waals surface area contributed by atoms with Gasteiger partial charge in [0, 0.05) is 18.7 Å². The van der Waals surface area contributed by atoms with E-state index < -0.39 is 0 Å². The molecule has 0 bridgehead atoms. The van der Waals surface area contributed by atoms with Crippen molar-refractivity contribution in [3.63, 3.8) is 0 Å². The Morgan fingerprint density at radius 2 is 2.10 bits per heavy atom. The first-order valence-corrected chi connectivity index (χ1v) is 7.54. The van der Waals surface area contributed by atoms with Gasteiger partial charge in [-0.15, -0.1) is 0 Å². The Bertz CT molecular complexity index is 461. The van der Waals surface area contributed by atoms with E-state index in [0.29, 0.717) is 18.0 Å². The Labute approximate surface area is 125 Å². The maximum Gasteiger partial charge on any atom is 0.234 e. The van der Waals surface area contributed by atoms with E-state index in [2.05, 4.69) is 10.6 Å². The van der Waals surface area contributed by atoms with E-state index >= 15 is 0 Å². The van der Waals surface area contributed by atoms with Gasteiger partial charge in [-0.1, -0.05) is 18.2 Å². The molecule has 1 aliphatic rings. The number of likely N-dealkylation sites (N-methyl/N-ethyl adjacent to an activating group) is 1. The van der Waals surface area contributed by atoms with Gasteiger partial charge in [-0.2, -0.15) is 0 Å². The minimum Gasteiger partial charge on any atom is -0.351 e. The predicted molar refractivity (Wildman–Crippen MR) is 81.3 cm³/mol. The molecular weight excluding hydrogens is 269 g/mol. The van der Waals surface area contributed by atoms with E-state index in [0.717, 1.165) is 19.6 Å². The van der Waals surface area contributed by atoms with Gasteiger partial charge in [0.15, 0.2) is 0 Å². The molecule has 5 heteroatoms. The molecule has 1 amide bonds. The summed E-state index contributed by atoms with van der Waals surface area (Å²) in [5.41, 5.74) is 0.520. The maximum atomic E-state index is 13.4. The standard InChI is InChI=1S/C16H24FN3O/c1-20(11-13-6-8-18-9-7-13)12-16(21)19-10-14-4-2-3-5-15(14)17/h2-5,13,18H,6-12H2,1H3,(H,19,21). The van der Waals surface area contributed by atoms with Crippen LogP contribution in [0.25, 0.3) is 0 Å². The van der Waals surface area contributed by atoms with Gasteiger partial charge in [0.05, 0.1) is 6.54 Å². The van der Waals surface area contributed by atoms with Crippen molar-refractivity contribution in [2.75, 3.05) is 33.2 Å². The second-order valence-electron chi connectivity index (χ2n) is 5.76. The second-order valence-corrected chi connectivity index (χ2v) is 5.76. The van der Waals surface area contributed by atoms with Crippen LogP contribution in [-0.4, -0.2) is 44.0 Å². The Kier molecular flexibility index (Phi) is 6.14. The van der Waals surface area contributed by atoms with E-state index in [1.54, 1.807) is 18.2 Å². The molecule has 1 heterocycles. The quantitative estimate of drug-likeness (QED) is 0.833. The average Bonchev–Trinajstić information content (AvgIpc) is 2.47. The highest BCUT2D eigenvalue weighted by molar-refractivity contribution is 5.77. The highest BCUT2D eigenvalue weighted by atomic mass is 19.1. The number of amides is 1. The summed E-state index contributed by atoms with van der Waals surface area (Å²) >= 11 is 0. The highest BCUT2D eigenvalue weighted by Gasteiger charge is 2.16. The molecule has 0 unspecified atom stereocenters. The Morgan fingerprint density at radius 3 is 2.81 bits per heavy atom. The first-order valence-electron chi connectivity index (χ1n) is 7.54. The van der Waals surface area contributed by atoms with Crippen LogP contribution in [0.3, 0.4) is 0 Å². The lowest BCUT2D eigenvalue weighted by Gasteiger charge is -2.27. The molecule has 0 atom stereocenters. The van der Waals surface area contributed by atoms with Crippen molar-refractivity contribution in [3.05, 3.63) is 35.6 Å². The number of hydrogen-bond donors (Lipinski definition) is 2. The number of halogens is 1. The summed E-state index contributed by atoms with van der Waals surface area (Å²) in [6.07, 6.45) is 2.34. The fourth-order valence-corrected chi connectivity index (χ4v) is 2.71. The normalized spacial score (nSPS) is 16.1. The zero-order valence-electron chi connectivity index (χ0n) is 12.6. The van der Waals surface area contributed by atoms with Gasteiger partial charge in [0.2, 0.25) is 5.91 Å². The largest absolute Gasteiger partial charge is 0.351 e. The lowest BCUT2D eigenvalue weighted by atomic mass is 9.98. The number of hydrogen-bond acceptors (Lipinski definition) is 3. The van der Waals surface area contributed by atoms with Crippen LogP contribution in [0.2, 0.25) is 0 Å². The molecule has 0 saturated carbocycles. The van der Waals surface area contributed by atoms with Gasteiger partial charge in [-0.05, 0) is 45.0 Å². The Morgan fingerprint density at radius 1 is 1.38 bits per heavy atom. The Hall–Kier alpha value is -1.46. The van der Waals surface area contributed by atoms with Gasteiger partial charge < -0.3 is 10.6 Å². The molecule has 1 aliphatic heterocycles. The van der Waals surface area contributed by atoms with Crippen molar-refractivity contribution in [1.82, 2.24) is 15.5 Å². The fourth-order valence-electron chi connectivity index (χ4n) is 2.71. The molecule has 1 aromatic rings. The molecule has 1 aromatic carbocycles. The van der Waals surface area contributed by atoms with Gasteiger partial charge in [-0.25, -0.2) is 4.39 Å². The third-order valence-electron chi connectivity index (χ3n) is 3.88. The zero-order valence-corrected chi connectivity index (χ0v) is 12.6.